The Labute approximate surface area is 77.2 Å². The molecule has 1 aromatic carbocycles. The molecule has 0 saturated heterocycles. The Balaban J connectivity index is 3.11. The number of aliphatic hydroxyl groups is 1. The highest BCUT2D eigenvalue weighted by Crippen LogP contribution is 2.18. The van der Waals surface area contributed by atoms with E-state index in [-0.39, 0.29) is 12.5 Å². The molecule has 13 heavy (non-hydrogen) atoms. The number of primary amides is 1. The van der Waals surface area contributed by atoms with Crippen LogP contribution in [-0.2, 0) is 0 Å². The van der Waals surface area contributed by atoms with Crippen molar-refractivity contribution in [3.63, 3.8) is 0 Å². The van der Waals surface area contributed by atoms with Gasteiger partial charge in [0.15, 0.2) is 0 Å². The minimum Gasteiger partial charge on any atom is -0.396 e. The van der Waals surface area contributed by atoms with Gasteiger partial charge in [0.25, 0.3) is 0 Å². The van der Waals surface area contributed by atoms with E-state index in [4.69, 9.17) is 10.8 Å². The standard InChI is InChI=1S/C10H13NO2/c1-7(6-12)8-4-2-3-5-9(8)10(11)13/h2-5,7,12H,6H2,1H3,(H2,11,13). The van der Waals surface area contributed by atoms with Gasteiger partial charge >= 0.3 is 0 Å². The Kier molecular flexibility index (Phi) is 3.03. The van der Waals surface area contributed by atoms with Gasteiger partial charge in [0.1, 0.15) is 0 Å². The van der Waals surface area contributed by atoms with E-state index in [9.17, 15) is 4.79 Å². The third-order valence-electron chi connectivity index (χ3n) is 2.03. The Hall–Kier alpha value is -1.35. The molecule has 3 nitrogen and oxygen atoms in total. The highest BCUT2D eigenvalue weighted by molar-refractivity contribution is 5.94. The second-order valence-electron chi connectivity index (χ2n) is 3.04. The zero-order valence-electron chi connectivity index (χ0n) is 7.53. The van der Waals surface area contributed by atoms with Crippen LogP contribution in [0, 0.1) is 0 Å². The predicted molar refractivity (Wildman–Crippen MR) is 50.5 cm³/mol. The number of amides is 1. The van der Waals surface area contributed by atoms with Crippen molar-refractivity contribution in [3.8, 4) is 0 Å². The largest absolute Gasteiger partial charge is 0.396 e. The third-order valence-corrected chi connectivity index (χ3v) is 2.03. The van der Waals surface area contributed by atoms with Gasteiger partial charge < -0.3 is 10.8 Å². The minimum atomic E-state index is -0.448. The molecule has 0 aromatic heterocycles. The summed E-state index contributed by atoms with van der Waals surface area (Å²) < 4.78 is 0. The van der Waals surface area contributed by atoms with Gasteiger partial charge in [-0.05, 0) is 11.6 Å². The van der Waals surface area contributed by atoms with Gasteiger partial charge in [0.05, 0.1) is 0 Å². The molecule has 0 fully saturated rings. The lowest BCUT2D eigenvalue weighted by atomic mass is 9.96. The quantitative estimate of drug-likeness (QED) is 0.723. The van der Waals surface area contributed by atoms with E-state index < -0.39 is 5.91 Å². The summed E-state index contributed by atoms with van der Waals surface area (Å²) in [5.74, 6) is -0.500. The maximum atomic E-state index is 11.0. The van der Waals surface area contributed by atoms with Gasteiger partial charge in [0.2, 0.25) is 5.91 Å². The molecule has 0 heterocycles. The molecule has 0 saturated carbocycles. The number of rotatable bonds is 3. The Morgan fingerprint density at radius 1 is 1.54 bits per heavy atom. The highest BCUT2D eigenvalue weighted by Gasteiger charge is 2.11. The number of carbonyl (C=O) groups is 1. The summed E-state index contributed by atoms with van der Waals surface area (Å²) >= 11 is 0. The first kappa shape index (κ1) is 9.74. The van der Waals surface area contributed by atoms with Crippen molar-refractivity contribution in [2.45, 2.75) is 12.8 Å². The molecule has 1 atom stereocenters. The van der Waals surface area contributed by atoms with Gasteiger partial charge in [-0.25, -0.2) is 0 Å². The molecule has 3 heteroatoms. The number of benzene rings is 1. The molecule has 3 N–H and O–H groups in total. The van der Waals surface area contributed by atoms with Crippen molar-refractivity contribution in [1.82, 2.24) is 0 Å². The van der Waals surface area contributed by atoms with Crippen molar-refractivity contribution in [1.29, 1.82) is 0 Å². The lowest BCUT2D eigenvalue weighted by molar-refractivity contribution is 0.0998. The number of nitrogens with two attached hydrogens (primary N) is 1. The second-order valence-corrected chi connectivity index (χ2v) is 3.04. The van der Waals surface area contributed by atoms with Gasteiger partial charge in [-0.15, -0.1) is 0 Å². The van der Waals surface area contributed by atoms with Crippen LogP contribution in [0.2, 0.25) is 0 Å². The summed E-state index contributed by atoms with van der Waals surface area (Å²) in [6.07, 6.45) is 0. The van der Waals surface area contributed by atoms with Gasteiger partial charge in [-0.3, -0.25) is 4.79 Å². The Bertz CT molecular complexity index is 310. The first-order valence-corrected chi connectivity index (χ1v) is 4.16. The molecular formula is C10H13NO2. The van der Waals surface area contributed by atoms with E-state index in [1.807, 2.05) is 13.0 Å². The van der Waals surface area contributed by atoms with E-state index >= 15 is 0 Å². The summed E-state index contributed by atoms with van der Waals surface area (Å²) in [7, 11) is 0. The van der Waals surface area contributed by atoms with Crippen LogP contribution in [0.4, 0.5) is 0 Å². The zero-order chi connectivity index (χ0) is 9.84. The van der Waals surface area contributed by atoms with Crippen molar-refractivity contribution < 1.29 is 9.90 Å². The van der Waals surface area contributed by atoms with Crippen molar-refractivity contribution in [2.24, 2.45) is 5.73 Å². The fraction of sp³-hybridized carbons (Fsp3) is 0.300. The molecule has 0 radical (unpaired) electrons. The lowest BCUT2D eigenvalue weighted by Gasteiger charge is -2.11. The Morgan fingerprint density at radius 3 is 2.69 bits per heavy atom. The molecule has 0 aliphatic rings. The molecule has 1 rings (SSSR count). The number of hydrogen-bond acceptors (Lipinski definition) is 2. The lowest BCUT2D eigenvalue weighted by Crippen LogP contribution is -2.15. The van der Waals surface area contributed by atoms with Crippen LogP contribution >= 0.6 is 0 Å². The smallest absolute Gasteiger partial charge is 0.248 e. The average Bonchev–Trinajstić information content (AvgIpc) is 2.16. The van der Waals surface area contributed by atoms with Crippen molar-refractivity contribution in [2.75, 3.05) is 6.61 Å². The zero-order valence-corrected chi connectivity index (χ0v) is 7.53. The fourth-order valence-corrected chi connectivity index (χ4v) is 1.25. The first-order valence-electron chi connectivity index (χ1n) is 4.16. The summed E-state index contributed by atoms with van der Waals surface area (Å²) in [6, 6.07) is 7.06. The first-order chi connectivity index (χ1) is 6.16. The highest BCUT2D eigenvalue weighted by atomic mass is 16.3. The summed E-state index contributed by atoms with van der Waals surface area (Å²) in [5, 5.41) is 8.94. The topological polar surface area (TPSA) is 63.3 Å². The van der Waals surface area contributed by atoms with E-state index in [0.717, 1.165) is 5.56 Å². The van der Waals surface area contributed by atoms with Crippen molar-refractivity contribution >= 4 is 5.91 Å². The predicted octanol–water partition coefficient (Wildman–Crippen LogP) is 0.881. The number of aliphatic hydroxyl groups excluding tert-OH is 1. The normalized spacial score (nSPS) is 12.5. The number of carbonyl (C=O) groups excluding carboxylic acids is 1. The van der Waals surface area contributed by atoms with E-state index in [1.165, 1.54) is 0 Å². The van der Waals surface area contributed by atoms with E-state index in [0.29, 0.717) is 5.56 Å². The second kappa shape index (κ2) is 4.05. The SMILES string of the molecule is CC(CO)c1ccccc1C(N)=O. The maximum Gasteiger partial charge on any atom is 0.248 e. The van der Waals surface area contributed by atoms with Crippen LogP contribution in [0.1, 0.15) is 28.8 Å². The van der Waals surface area contributed by atoms with Crippen LogP contribution < -0.4 is 5.73 Å². The molecular weight excluding hydrogens is 166 g/mol. The van der Waals surface area contributed by atoms with Crippen LogP contribution in [0.25, 0.3) is 0 Å². The molecule has 0 bridgehead atoms. The van der Waals surface area contributed by atoms with Crippen LogP contribution in [0.5, 0.6) is 0 Å². The molecule has 0 aliphatic carbocycles. The van der Waals surface area contributed by atoms with Gasteiger partial charge in [-0.1, -0.05) is 25.1 Å². The summed E-state index contributed by atoms with van der Waals surface area (Å²) in [5.41, 5.74) is 6.48. The molecule has 0 spiro atoms. The van der Waals surface area contributed by atoms with Gasteiger partial charge in [-0.2, -0.15) is 0 Å². The maximum absolute atomic E-state index is 11.0. The minimum absolute atomic E-state index is 0.0181. The van der Waals surface area contributed by atoms with E-state index in [1.54, 1.807) is 18.2 Å². The molecule has 0 aliphatic heterocycles. The average molecular weight is 179 g/mol. The fourth-order valence-electron chi connectivity index (χ4n) is 1.25. The third kappa shape index (κ3) is 2.06. The van der Waals surface area contributed by atoms with Gasteiger partial charge in [0, 0.05) is 18.1 Å². The molecule has 1 aromatic rings. The molecule has 1 unspecified atom stereocenters. The van der Waals surface area contributed by atoms with Crippen LogP contribution in [0.3, 0.4) is 0 Å². The summed E-state index contributed by atoms with van der Waals surface area (Å²) in [4.78, 5) is 11.0. The van der Waals surface area contributed by atoms with Crippen LogP contribution in [-0.4, -0.2) is 17.6 Å². The monoisotopic (exact) mass is 179 g/mol. The van der Waals surface area contributed by atoms with Crippen molar-refractivity contribution in [3.05, 3.63) is 35.4 Å². The molecule has 1 amide bonds. The van der Waals surface area contributed by atoms with E-state index in [2.05, 4.69) is 0 Å². The Morgan fingerprint density at radius 2 is 2.15 bits per heavy atom. The van der Waals surface area contributed by atoms with Crippen LogP contribution in [0.15, 0.2) is 24.3 Å². The summed E-state index contributed by atoms with van der Waals surface area (Å²) in [6.45, 7) is 1.87. The number of hydrogen-bond donors (Lipinski definition) is 2. The molecule has 70 valence electrons.